The van der Waals surface area contributed by atoms with Gasteiger partial charge in [-0.05, 0) is 35.6 Å². The molecule has 0 saturated heterocycles. The van der Waals surface area contributed by atoms with Gasteiger partial charge in [-0.15, -0.1) is 0 Å². The Labute approximate surface area is 175 Å². The molecule has 2 amide bonds. The van der Waals surface area contributed by atoms with Crippen molar-refractivity contribution in [3.05, 3.63) is 59.7 Å². The number of fused-ring (bicyclic) bond motifs is 3. The molecule has 2 aromatic carbocycles. The number of nitrogens with one attached hydrogen (secondary N) is 1. The second kappa shape index (κ2) is 9.43. The highest BCUT2D eigenvalue weighted by Gasteiger charge is 2.29. The average Bonchev–Trinajstić information content (AvgIpc) is 3.07. The molecule has 0 saturated carbocycles. The number of hydrogen-bond acceptors (Lipinski definition) is 4. The van der Waals surface area contributed by atoms with Crippen LogP contribution in [0.25, 0.3) is 11.1 Å². The first-order valence-corrected chi connectivity index (χ1v) is 9.97. The van der Waals surface area contributed by atoms with Crippen LogP contribution < -0.4 is 5.32 Å². The Kier molecular flexibility index (Phi) is 6.72. The first-order chi connectivity index (χ1) is 14.4. The van der Waals surface area contributed by atoms with E-state index in [1.54, 1.807) is 0 Å². The third-order valence-corrected chi connectivity index (χ3v) is 5.51. The predicted molar refractivity (Wildman–Crippen MR) is 112 cm³/mol. The van der Waals surface area contributed by atoms with Crippen LogP contribution in [0.4, 0.5) is 4.79 Å². The van der Waals surface area contributed by atoms with Crippen LogP contribution in [0.2, 0.25) is 0 Å². The average molecular weight is 410 g/mol. The number of carbonyl (C=O) groups excluding carboxylic acids is 2. The van der Waals surface area contributed by atoms with Crippen molar-refractivity contribution in [1.82, 2.24) is 10.2 Å². The Morgan fingerprint density at radius 2 is 1.63 bits per heavy atom. The van der Waals surface area contributed by atoms with Gasteiger partial charge in [0.05, 0.1) is 0 Å². The number of benzene rings is 2. The van der Waals surface area contributed by atoms with Crippen molar-refractivity contribution in [3.63, 3.8) is 0 Å². The van der Waals surface area contributed by atoms with Gasteiger partial charge in [-0.2, -0.15) is 0 Å². The molecule has 1 aliphatic carbocycles. The minimum atomic E-state index is -1.05. The van der Waals surface area contributed by atoms with Crippen LogP contribution in [0, 0.1) is 0 Å². The van der Waals surface area contributed by atoms with E-state index >= 15 is 0 Å². The molecule has 0 aliphatic heterocycles. The number of aliphatic carboxylic acids is 1. The van der Waals surface area contributed by atoms with Crippen LogP contribution in [0.1, 0.15) is 36.8 Å². The number of hydrogen-bond donors (Lipinski definition) is 2. The molecule has 0 heterocycles. The number of ether oxygens (including phenoxy) is 1. The summed E-state index contributed by atoms with van der Waals surface area (Å²) in [7, 11) is 1.46. The highest BCUT2D eigenvalue weighted by Crippen LogP contribution is 2.44. The molecule has 7 heteroatoms. The number of nitrogens with zero attached hydrogens (tertiary/aromatic N) is 1. The summed E-state index contributed by atoms with van der Waals surface area (Å²) >= 11 is 0. The molecule has 0 unspecified atom stereocenters. The van der Waals surface area contributed by atoms with E-state index in [-0.39, 0.29) is 31.4 Å². The molecule has 1 aliphatic rings. The zero-order chi connectivity index (χ0) is 21.7. The van der Waals surface area contributed by atoms with Crippen molar-refractivity contribution in [2.24, 2.45) is 0 Å². The zero-order valence-electron chi connectivity index (χ0n) is 17.1. The molecular formula is C23H26N2O5. The number of alkyl carbamates (subject to hydrolysis) is 1. The molecule has 0 fully saturated rings. The van der Waals surface area contributed by atoms with E-state index in [0.29, 0.717) is 6.42 Å². The second-order valence-electron chi connectivity index (χ2n) is 7.37. The van der Waals surface area contributed by atoms with Crippen molar-refractivity contribution < 1.29 is 24.2 Å². The summed E-state index contributed by atoms with van der Waals surface area (Å²) in [6.45, 7) is 1.96. The fourth-order valence-electron chi connectivity index (χ4n) is 3.64. The van der Waals surface area contributed by atoms with Gasteiger partial charge in [0.2, 0.25) is 5.91 Å². The van der Waals surface area contributed by atoms with Gasteiger partial charge >= 0.3 is 12.1 Å². The normalized spacial score (nSPS) is 13.1. The quantitative estimate of drug-likeness (QED) is 0.652. The molecule has 2 N–H and O–H groups in total. The van der Waals surface area contributed by atoms with E-state index in [9.17, 15) is 14.4 Å². The molecule has 0 spiro atoms. The largest absolute Gasteiger partial charge is 0.480 e. The summed E-state index contributed by atoms with van der Waals surface area (Å²) in [5, 5.41) is 11.6. The lowest BCUT2D eigenvalue weighted by atomic mass is 9.98. The Morgan fingerprint density at radius 3 is 2.20 bits per heavy atom. The summed E-state index contributed by atoms with van der Waals surface area (Å²) in [4.78, 5) is 36.2. The highest BCUT2D eigenvalue weighted by molar-refractivity contribution is 5.83. The van der Waals surface area contributed by atoms with Crippen LogP contribution in [0.15, 0.2) is 48.5 Å². The molecule has 0 radical (unpaired) electrons. The molecule has 3 rings (SSSR count). The monoisotopic (exact) mass is 410 g/mol. The summed E-state index contributed by atoms with van der Waals surface area (Å²) in [6.07, 6.45) is 0.0221. The van der Waals surface area contributed by atoms with Crippen LogP contribution >= 0.6 is 0 Å². The Hall–Kier alpha value is -3.35. The number of rotatable bonds is 8. The maximum atomic E-state index is 12.1. The van der Waals surface area contributed by atoms with Crippen molar-refractivity contribution in [2.45, 2.75) is 31.7 Å². The molecule has 0 bridgehead atoms. The molecular weight excluding hydrogens is 384 g/mol. The molecule has 7 nitrogen and oxygen atoms in total. The summed E-state index contributed by atoms with van der Waals surface area (Å²) in [5.41, 5.74) is 4.63. The van der Waals surface area contributed by atoms with E-state index in [0.717, 1.165) is 11.1 Å². The number of carbonyl (C=O) groups is 3. The molecule has 30 heavy (non-hydrogen) atoms. The van der Waals surface area contributed by atoms with Crippen molar-refractivity contribution in [2.75, 3.05) is 20.2 Å². The highest BCUT2D eigenvalue weighted by atomic mass is 16.5. The Bertz CT molecular complexity index is 897. The standard InChI is InChI=1S/C23H26N2O5/c1-15(22(27)28)25(2)21(26)12-7-13-24-23(29)30-14-20-18-10-5-3-8-16(18)17-9-4-6-11-19(17)20/h3-6,8-11,15,20H,7,12-14H2,1-2H3,(H,24,29)(H,27,28)/t15-/m0/s1. The maximum absolute atomic E-state index is 12.1. The summed E-state index contributed by atoms with van der Waals surface area (Å²) in [5.74, 6) is -1.34. The lowest BCUT2D eigenvalue weighted by molar-refractivity contribution is -0.148. The second-order valence-corrected chi connectivity index (χ2v) is 7.37. The van der Waals surface area contributed by atoms with E-state index in [2.05, 4.69) is 29.6 Å². The molecule has 158 valence electrons. The lowest BCUT2D eigenvalue weighted by Gasteiger charge is -2.21. The van der Waals surface area contributed by atoms with Crippen LogP contribution in [-0.4, -0.2) is 54.2 Å². The summed E-state index contributed by atoms with van der Waals surface area (Å²) < 4.78 is 5.44. The van der Waals surface area contributed by atoms with Gasteiger partial charge in [0.25, 0.3) is 0 Å². The van der Waals surface area contributed by atoms with Crippen molar-refractivity contribution in [1.29, 1.82) is 0 Å². The van der Waals surface area contributed by atoms with Gasteiger partial charge in [0.15, 0.2) is 0 Å². The van der Waals surface area contributed by atoms with Crippen LogP contribution in [0.5, 0.6) is 0 Å². The van der Waals surface area contributed by atoms with Gasteiger partial charge in [0.1, 0.15) is 12.6 Å². The van der Waals surface area contributed by atoms with Gasteiger partial charge < -0.3 is 20.1 Å². The number of carboxylic acids is 1. The fourth-order valence-corrected chi connectivity index (χ4v) is 3.64. The Morgan fingerprint density at radius 1 is 1.07 bits per heavy atom. The van der Waals surface area contributed by atoms with Gasteiger partial charge in [0, 0.05) is 25.9 Å². The minimum Gasteiger partial charge on any atom is -0.480 e. The fraction of sp³-hybridized carbons (Fsp3) is 0.348. The minimum absolute atomic E-state index is 0.00381. The van der Waals surface area contributed by atoms with E-state index in [4.69, 9.17) is 9.84 Å². The number of likely N-dealkylation sites (N-methyl/N-ethyl adjacent to an activating group) is 1. The van der Waals surface area contributed by atoms with Crippen LogP contribution in [0.3, 0.4) is 0 Å². The summed E-state index contributed by atoms with van der Waals surface area (Å²) in [6, 6.07) is 15.4. The van der Waals surface area contributed by atoms with Gasteiger partial charge in [-0.1, -0.05) is 48.5 Å². The predicted octanol–water partition coefficient (Wildman–Crippen LogP) is 3.24. The number of amides is 2. The third kappa shape index (κ3) is 4.62. The van der Waals surface area contributed by atoms with Crippen LogP contribution in [-0.2, 0) is 14.3 Å². The topological polar surface area (TPSA) is 95.9 Å². The SMILES string of the molecule is C[C@@H](C(=O)O)N(C)C(=O)CCCNC(=O)OCC1c2ccccc2-c2ccccc21. The first-order valence-electron chi connectivity index (χ1n) is 9.97. The molecule has 1 atom stereocenters. The zero-order valence-corrected chi connectivity index (χ0v) is 17.1. The van der Waals surface area contributed by atoms with Crippen molar-refractivity contribution >= 4 is 18.0 Å². The van der Waals surface area contributed by atoms with E-state index < -0.39 is 18.1 Å². The lowest BCUT2D eigenvalue weighted by Crippen LogP contribution is -2.40. The Balaban J connectivity index is 1.46. The smallest absolute Gasteiger partial charge is 0.407 e. The van der Waals surface area contributed by atoms with Crippen molar-refractivity contribution in [3.8, 4) is 11.1 Å². The third-order valence-electron chi connectivity index (χ3n) is 5.51. The maximum Gasteiger partial charge on any atom is 0.407 e. The van der Waals surface area contributed by atoms with E-state index in [1.165, 1.54) is 30.0 Å². The number of carboxylic acid groups (broad SMARTS) is 1. The van der Waals surface area contributed by atoms with E-state index in [1.807, 2.05) is 24.3 Å². The molecule has 2 aromatic rings. The van der Waals surface area contributed by atoms with Gasteiger partial charge in [-0.3, -0.25) is 4.79 Å². The van der Waals surface area contributed by atoms with Gasteiger partial charge in [-0.25, -0.2) is 9.59 Å². The molecule has 0 aromatic heterocycles. The first kappa shape index (κ1) is 21.4.